The minimum atomic E-state index is 0.405. The van der Waals surface area contributed by atoms with Gasteiger partial charge in [0.25, 0.3) is 0 Å². The van der Waals surface area contributed by atoms with Crippen LogP contribution in [-0.4, -0.2) is 22.9 Å². The van der Waals surface area contributed by atoms with Crippen molar-refractivity contribution in [3.8, 4) is 11.4 Å². The van der Waals surface area contributed by atoms with Crippen molar-refractivity contribution >= 4 is 6.29 Å². The van der Waals surface area contributed by atoms with Crippen molar-refractivity contribution in [3.05, 3.63) is 42.0 Å². The highest BCUT2D eigenvalue weighted by Gasteiger charge is 2.07. The first kappa shape index (κ1) is 10.4. The van der Waals surface area contributed by atoms with Gasteiger partial charge in [0.05, 0.1) is 7.11 Å². The summed E-state index contributed by atoms with van der Waals surface area (Å²) in [7, 11) is 1.62. The number of imidazole rings is 1. The smallest absolute Gasteiger partial charge is 0.185 e. The number of rotatable bonds is 3. The van der Waals surface area contributed by atoms with Crippen LogP contribution in [-0.2, 0) is 0 Å². The molecule has 0 bridgehead atoms. The number of carbonyl (C=O) groups is 1. The number of aryl methyl sites for hydroxylation is 1. The predicted molar refractivity (Wildman–Crippen MR) is 60.2 cm³/mol. The first-order valence-corrected chi connectivity index (χ1v) is 4.90. The minimum absolute atomic E-state index is 0.405. The molecule has 1 heterocycles. The van der Waals surface area contributed by atoms with E-state index in [1.54, 1.807) is 17.9 Å². The van der Waals surface area contributed by atoms with Crippen molar-refractivity contribution in [2.45, 2.75) is 6.92 Å². The van der Waals surface area contributed by atoms with Crippen LogP contribution in [0.3, 0.4) is 0 Å². The SMILES string of the molecule is COc1ccc(-n2c(C)cnc2C=O)cc1. The second-order valence-electron chi connectivity index (χ2n) is 3.41. The Morgan fingerprint density at radius 1 is 1.31 bits per heavy atom. The molecule has 0 N–H and O–H groups in total. The van der Waals surface area contributed by atoms with Crippen molar-refractivity contribution in [1.29, 1.82) is 0 Å². The van der Waals surface area contributed by atoms with E-state index in [2.05, 4.69) is 4.98 Å². The molecule has 82 valence electrons. The standard InChI is InChI=1S/C12H12N2O2/c1-9-7-13-12(8-15)14(9)10-3-5-11(16-2)6-4-10/h3-8H,1-2H3. The third kappa shape index (κ3) is 1.69. The van der Waals surface area contributed by atoms with Gasteiger partial charge in [-0.05, 0) is 31.2 Å². The van der Waals surface area contributed by atoms with Crippen LogP contribution in [0.2, 0.25) is 0 Å². The second kappa shape index (κ2) is 4.18. The Balaban J connectivity index is 2.49. The van der Waals surface area contributed by atoms with E-state index in [0.717, 1.165) is 23.4 Å². The van der Waals surface area contributed by atoms with E-state index in [1.165, 1.54) is 0 Å². The highest BCUT2D eigenvalue weighted by atomic mass is 16.5. The van der Waals surface area contributed by atoms with Crippen LogP contribution in [0.5, 0.6) is 5.75 Å². The van der Waals surface area contributed by atoms with E-state index < -0.39 is 0 Å². The fourth-order valence-corrected chi connectivity index (χ4v) is 1.61. The Hall–Kier alpha value is -2.10. The zero-order chi connectivity index (χ0) is 11.5. The van der Waals surface area contributed by atoms with E-state index in [0.29, 0.717) is 5.82 Å². The van der Waals surface area contributed by atoms with Crippen LogP contribution in [0, 0.1) is 6.92 Å². The van der Waals surface area contributed by atoms with Crippen molar-refractivity contribution in [2.24, 2.45) is 0 Å². The van der Waals surface area contributed by atoms with Gasteiger partial charge in [-0.1, -0.05) is 0 Å². The lowest BCUT2D eigenvalue weighted by atomic mass is 10.3. The number of ether oxygens (including phenoxy) is 1. The quantitative estimate of drug-likeness (QED) is 0.737. The summed E-state index contributed by atoms with van der Waals surface area (Å²) < 4.78 is 6.88. The topological polar surface area (TPSA) is 44.1 Å². The summed E-state index contributed by atoms with van der Waals surface area (Å²) in [6, 6.07) is 7.48. The number of nitrogens with zero attached hydrogens (tertiary/aromatic N) is 2. The van der Waals surface area contributed by atoms with Gasteiger partial charge in [-0.2, -0.15) is 0 Å². The van der Waals surface area contributed by atoms with Gasteiger partial charge in [0, 0.05) is 17.6 Å². The van der Waals surface area contributed by atoms with Crippen LogP contribution in [0.4, 0.5) is 0 Å². The number of hydrogen-bond acceptors (Lipinski definition) is 3. The predicted octanol–water partition coefficient (Wildman–Crippen LogP) is 2.00. The highest BCUT2D eigenvalue weighted by Crippen LogP contribution is 2.17. The largest absolute Gasteiger partial charge is 0.497 e. The van der Waals surface area contributed by atoms with Gasteiger partial charge >= 0.3 is 0 Å². The summed E-state index contributed by atoms with van der Waals surface area (Å²) in [4.78, 5) is 14.8. The number of hydrogen-bond donors (Lipinski definition) is 0. The molecule has 4 nitrogen and oxygen atoms in total. The number of carbonyl (C=O) groups excluding carboxylic acids is 1. The molecule has 4 heteroatoms. The molecule has 0 atom stereocenters. The van der Waals surface area contributed by atoms with Gasteiger partial charge in [0.2, 0.25) is 0 Å². The molecule has 1 aromatic heterocycles. The Labute approximate surface area is 93.5 Å². The maximum atomic E-state index is 10.8. The maximum Gasteiger partial charge on any atom is 0.185 e. The minimum Gasteiger partial charge on any atom is -0.497 e. The normalized spacial score (nSPS) is 10.1. The molecule has 16 heavy (non-hydrogen) atoms. The number of aldehydes is 1. The van der Waals surface area contributed by atoms with Crippen LogP contribution in [0.15, 0.2) is 30.5 Å². The first-order valence-electron chi connectivity index (χ1n) is 4.90. The molecule has 0 fully saturated rings. The summed E-state index contributed by atoms with van der Waals surface area (Å²) in [6.07, 6.45) is 2.42. The van der Waals surface area contributed by atoms with Crippen molar-refractivity contribution in [2.75, 3.05) is 7.11 Å². The molecule has 0 unspecified atom stereocenters. The second-order valence-corrected chi connectivity index (χ2v) is 3.41. The summed E-state index contributed by atoms with van der Waals surface area (Å²) in [5, 5.41) is 0. The van der Waals surface area contributed by atoms with E-state index in [1.807, 2.05) is 31.2 Å². The lowest BCUT2D eigenvalue weighted by molar-refractivity contribution is 0.111. The molecule has 0 aliphatic carbocycles. The molecule has 0 radical (unpaired) electrons. The molecule has 0 aliphatic heterocycles. The van der Waals surface area contributed by atoms with Crippen LogP contribution in [0.1, 0.15) is 16.3 Å². The van der Waals surface area contributed by atoms with E-state index >= 15 is 0 Å². The first-order chi connectivity index (χ1) is 7.76. The van der Waals surface area contributed by atoms with E-state index in [-0.39, 0.29) is 0 Å². The molecule has 2 aromatic rings. The molecule has 0 saturated carbocycles. The van der Waals surface area contributed by atoms with Gasteiger partial charge in [-0.3, -0.25) is 9.36 Å². The molecule has 0 amide bonds. The summed E-state index contributed by atoms with van der Waals surface area (Å²) in [5.74, 6) is 1.19. The van der Waals surface area contributed by atoms with Crippen LogP contribution in [0.25, 0.3) is 5.69 Å². The lowest BCUT2D eigenvalue weighted by Gasteiger charge is -2.07. The van der Waals surface area contributed by atoms with Crippen LogP contribution >= 0.6 is 0 Å². The van der Waals surface area contributed by atoms with Crippen molar-refractivity contribution in [1.82, 2.24) is 9.55 Å². The Kier molecular flexibility index (Phi) is 2.72. The van der Waals surface area contributed by atoms with Gasteiger partial charge in [-0.15, -0.1) is 0 Å². The lowest BCUT2D eigenvalue weighted by Crippen LogP contribution is -2.01. The zero-order valence-corrected chi connectivity index (χ0v) is 9.18. The fourth-order valence-electron chi connectivity index (χ4n) is 1.61. The number of benzene rings is 1. The summed E-state index contributed by atoms with van der Waals surface area (Å²) in [6.45, 7) is 1.91. The van der Waals surface area contributed by atoms with Gasteiger partial charge in [0.15, 0.2) is 12.1 Å². The van der Waals surface area contributed by atoms with Gasteiger partial charge in [0.1, 0.15) is 5.75 Å². The van der Waals surface area contributed by atoms with Crippen molar-refractivity contribution in [3.63, 3.8) is 0 Å². The average molecular weight is 216 g/mol. The van der Waals surface area contributed by atoms with Gasteiger partial charge in [-0.25, -0.2) is 4.98 Å². The summed E-state index contributed by atoms with van der Waals surface area (Å²) in [5.41, 5.74) is 1.82. The zero-order valence-electron chi connectivity index (χ0n) is 9.18. The van der Waals surface area contributed by atoms with E-state index in [4.69, 9.17) is 4.74 Å². The number of aromatic nitrogens is 2. The molecule has 2 rings (SSSR count). The fraction of sp³-hybridized carbons (Fsp3) is 0.167. The Morgan fingerprint density at radius 3 is 2.56 bits per heavy atom. The molecule has 0 spiro atoms. The van der Waals surface area contributed by atoms with Gasteiger partial charge < -0.3 is 4.74 Å². The summed E-state index contributed by atoms with van der Waals surface area (Å²) >= 11 is 0. The Morgan fingerprint density at radius 2 is 2.00 bits per heavy atom. The molecule has 0 aliphatic rings. The molecule has 1 aromatic carbocycles. The molecular formula is C12H12N2O2. The average Bonchev–Trinajstić information content (AvgIpc) is 2.70. The van der Waals surface area contributed by atoms with Crippen molar-refractivity contribution < 1.29 is 9.53 Å². The molecular weight excluding hydrogens is 204 g/mol. The third-order valence-electron chi connectivity index (χ3n) is 2.40. The Bertz CT molecular complexity index is 500. The monoisotopic (exact) mass is 216 g/mol. The van der Waals surface area contributed by atoms with Crippen LogP contribution < -0.4 is 4.74 Å². The van der Waals surface area contributed by atoms with E-state index in [9.17, 15) is 4.79 Å². The number of methoxy groups -OCH3 is 1. The highest BCUT2D eigenvalue weighted by molar-refractivity contribution is 5.71. The third-order valence-corrected chi connectivity index (χ3v) is 2.40. The molecule has 0 saturated heterocycles. The maximum absolute atomic E-state index is 10.8.